The Labute approximate surface area is 124 Å². The van der Waals surface area contributed by atoms with E-state index >= 15 is 0 Å². The molecule has 0 saturated heterocycles. The number of anilines is 2. The molecule has 5 nitrogen and oxygen atoms in total. The molecule has 1 aromatic carbocycles. The number of nitrogens with zero attached hydrogens (tertiary/aromatic N) is 2. The summed E-state index contributed by atoms with van der Waals surface area (Å²) in [6.07, 6.45) is 3.54. The fourth-order valence-corrected chi connectivity index (χ4v) is 2.05. The van der Waals surface area contributed by atoms with Gasteiger partial charge in [0, 0.05) is 18.4 Å². The largest absolute Gasteiger partial charge is 0.324 e. The smallest absolute Gasteiger partial charge is 0.276 e. The number of hydrogen-bond donors (Lipinski definition) is 2. The van der Waals surface area contributed by atoms with Gasteiger partial charge in [0.2, 0.25) is 0 Å². The van der Waals surface area contributed by atoms with Gasteiger partial charge in [-0.15, -0.1) is 0 Å². The Kier molecular flexibility index (Phi) is 5.29. The van der Waals surface area contributed by atoms with Crippen LogP contribution in [0.1, 0.15) is 30.3 Å². The van der Waals surface area contributed by atoms with Crippen molar-refractivity contribution in [2.45, 2.75) is 19.8 Å². The minimum Gasteiger partial charge on any atom is -0.324 e. The van der Waals surface area contributed by atoms with Gasteiger partial charge >= 0.3 is 0 Å². The Hall–Kier alpha value is -2.40. The Bertz CT molecular complexity index is 586. The van der Waals surface area contributed by atoms with Gasteiger partial charge in [0.1, 0.15) is 5.69 Å². The molecule has 0 aliphatic carbocycles. The number of amides is 1. The van der Waals surface area contributed by atoms with E-state index in [0.717, 1.165) is 18.5 Å². The number of pyridine rings is 1. The summed E-state index contributed by atoms with van der Waals surface area (Å²) in [4.78, 5) is 18.6. The summed E-state index contributed by atoms with van der Waals surface area (Å²) in [5.74, 6) is 5.26. The van der Waals surface area contributed by atoms with Gasteiger partial charge in [0.25, 0.3) is 5.91 Å². The highest BCUT2D eigenvalue weighted by Crippen LogP contribution is 2.18. The molecule has 2 aromatic rings. The van der Waals surface area contributed by atoms with Crippen LogP contribution in [0.4, 0.5) is 11.4 Å². The third-order valence-corrected chi connectivity index (χ3v) is 3.19. The second kappa shape index (κ2) is 7.40. The predicted octanol–water partition coefficient (Wildman–Crippen LogP) is 2.81. The molecule has 1 amide bonds. The van der Waals surface area contributed by atoms with Gasteiger partial charge in [-0.05, 0) is 30.7 Å². The monoisotopic (exact) mass is 284 g/mol. The lowest BCUT2D eigenvalue weighted by Gasteiger charge is -2.22. The highest BCUT2D eigenvalue weighted by atomic mass is 16.2. The van der Waals surface area contributed by atoms with Crippen molar-refractivity contribution in [1.29, 1.82) is 0 Å². The lowest BCUT2D eigenvalue weighted by atomic mass is 10.2. The molecule has 0 spiro atoms. The van der Waals surface area contributed by atoms with Crippen molar-refractivity contribution < 1.29 is 4.79 Å². The highest BCUT2D eigenvalue weighted by molar-refractivity contribution is 6.05. The number of carbonyl (C=O) groups is 1. The van der Waals surface area contributed by atoms with Crippen LogP contribution in [0.2, 0.25) is 0 Å². The average Bonchev–Trinajstić information content (AvgIpc) is 2.56. The van der Waals surface area contributed by atoms with Crippen LogP contribution < -0.4 is 16.2 Å². The maximum absolute atomic E-state index is 12.7. The lowest BCUT2D eigenvalue weighted by molar-refractivity contribution is 0.0982. The molecule has 2 rings (SSSR count). The molecular formula is C16H20N4O. The number of benzene rings is 1. The zero-order valence-electron chi connectivity index (χ0n) is 12.1. The molecule has 3 N–H and O–H groups in total. The van der Waals surface area contributed by atoms with Crippen molar-refractivity contribution in [3.8, 4) is 0 Å². The minimum atomic E-state index is -0.119. The molecule has 1 aromatic heterocycles. The molecular weight excluding hydrogens is 264 g/mol. The second-order valence-corrected chi connectivity index (χ2v) is 4.72. The molecule has 0 aliphatic rings. The first-order valence-corrected chi connectivity index (χ1v) is 7.06. The van der Waals surface area contributed by atoms with Crippen molar-refractivity contribution in [1.82, 2.24) is 4.98 Å². The van der Waals surface area contributed by atoms with Crippen molar-refractivity contribution >= 4 is 17.3 Å². The Balaban J connectivity index is 2.29. The SMILES string of the molecule is CCCCN(C(=O)c1cc(NN)ccn1)c1ccccc1. The molecule has 1 heterocycles. The van der Waals surface area contributed by atoms with E-state index in [-0.39, 0.29) is 5.91 Å². The molecule has 0 fully saturated rings. The van der Waals surface area contributed by atoms with Crippen LogP contribution in [0.15, 0.2) is 48.7 Å². The van der Waals surface area contributed by atoms with E-state index in [0.29, 0.717) is 17.9 Å². The fraction of sp³-hybridized carbons (Fsp3) is 0.250. The lowest BCUT2D eigenvalue weighted by Crippen LogP contribution is -2.32. The van der Waals surface area contributed by atoms with Crippen molar-refractivity contribution in [3.05, 3.63) is 54.4 Å². The number of hydrazine groups is 1. The third kappa shape index (κ3) is 3.79. The van der Waals surface area contributed by atoms with E-state index in [1.807, 2.05) is 30.3 Å². The molecule has 110 valence electrons. The number of carbonyl (C=O) groups excluding carboxylic acids is 1. The average molecular weight is 284 g/mol. The first-order valence-electron chi connectivity index (χ1n) is 7.06. The van der Waals surface area contributed by atoms with Crippen LogP contribution in [0, 0.1) is 0 Å². The van der Waals surface area contributed by atoms with E-state index in [1.165, 1.54) is 0 Å². The van der Waals surface area contributed by atoms with Crippen molar-refractivity contribution in [3.63, 3.8) is 0 Å². The first kappa shape index (κ1) is 15.0. The predicted molar refractivity (Wildman–Crippen MR) is 85.1 cm³/mol. The van der Waals surface area contributed by atoms with Crippen LogP contribution in [-0.4, -0.2) is 17.4 Å². The minimum absolute atomic E-state index is 0.119. The van der Waals surface area contributed by atoms with Crippen LogP contribution in [0.25, 0.3) is 0 Å². The van der Waals surface area contributed by atoms with Gasteiger partial charge < -0.3 is 10.3 Å². The highest BCUT2D eigenvalue weighted by Gasteiger charge is 2.18. The first-order chi connectivity index (χ1) is 10.3. The van der Waals surface area contributed by atoms with Crippen LogP contribution >= 0.6 is 0 Å². The summed E-state index contributed by atoms with van der Waals surface area (Å²) in [5.41, 5.74) is 4.46. The zero-order chi connectivity index (χ0) is 15.1. The Morgan fingerprint density at radius 2 is 2.05 bits per heavy atom. The molecule has 0 radical (unpaired) electrons. The number of nitrogens with two attached hydrogens (primary N) is 1. The molecule has 0 bridgehead atoms. The maximum atomic E-state index is 12.7. The summed E-state index contributed by atoms with van der Waals surface area (Å²) in [7, 11) is 0. The Morgan fingerprint density at radius 3 is 2.71 bits per heavy atom. The topological polar surface area (TPSA) is 71.2 Å². The molecule has 21 heavy (non-hydrogen) atoms. The van der Waals surface area contributed by atoms with E-state index in [4.69, 9.17) is 5.84 Å². The van der Waals surface area contributed by atoms with E-state index < -0.39 is 0 Å². The quantitative estimate of drug-likeness (QED) is 0.632. The van der Waals surface area contributed by atoms with Crippen LogP contribution in [0.3, 0.4) is 0 Å². The molecule has 5 heteroatoms. The standard InChI is InChI=1S/C16H20N4O/c1-2-3-11-20(14-7-5-4-6-8-14)16(21)15-12-13(19-17)9-10-18-15/h4-10,12H,2-3,11,17H2,1H3,(H,18,19). The maximum Gasteiger partial charge on any atom is 0.276 e. The van der Waals surface area contributed by atoms with Crippen molar-refractivity contribution in [2.24, 2.45) is 5.84 Å². The van der Waals surface area contributed by atoms with Gasteiger partial charge in [0.05, 0.1) is 5.69 Å². The van der Waals surface area contributed by atoms with Crippen LogP contribution in [0.5, 0.6) is 0 Å². The van der Waals surface area contributed by atoms with Gasteiger partial charge in [0.15, 0.2) is 0 Å². The number of nitrogen functional groups attached to an aromatic ring is 1. The summed E-state index contributed by atoms with van der Waals surface area (Å²) in [6.45, 7) is 2.77. The number of rotatable bonds is 6. The molecule has 0 saturated carbocycles. The third-order valence-electron chi connectivity index (χ3n) is 3.19. The van der Waals surface area contributed by atoms with E-state index in [1.54, 1.807) is 23.2 Å². The number of aromatic nitrogens is 1. The second-order valence-electron chi connectivity index (χ2n) is 4.72. The summed E-state index contributed by atoms with van der Waals surface area (Å²) in [6, 6.07) is 13.0. The molecule has 0 atom stereocenters. The fourth-order valence-electron chi connectivity index (χ4n) is 2.05. The number of unbranched alkanes of at least 4 members (excludes halogenated alkanes) is 1. The van der Waals surface area contributed by atoms with Gasteiger partial charge in [-0.3, -0.25) is 15.6 Å². The molecule has 0 unspecified atom stereocenters. The van der Waals surface area contributed by atoms with Gasteiger partial charge in [-0.2, -0.15) is 0 Å². The molecule has 0 aliphatic heterocycles. The van der Waals surface area contributed by atoms with E-state index in [9.17, 15) is 4.79 Å². The summed E-state index contributed by atoms with van der Waals surface area (Å²) in [5, 5.41) is 0. The zero-order valence-corrected chi connectivity index (χ0v) is 12.1. The van der Waals surface area contributed by atoms with Crippen molar-refractivity contribution in [2.75, 3.05) is 16.9 Å². The number of hydrogen-bond acceptors (Lipinski definition) is 4. The normalized spacial score (nSPS) is 10.2. The summed E-state index contributed by atoms with van der Waals surface area (Å²) >= 11 is 0. The van der Waals surface area contributed by atoms with E-state index in [2.05, 4.69) is 17.3 Å². The van der Waals surface area contributed by atoms with Crippen LogP contribution in [-0.2, 0) is 0 Å². The number of para-hydroxylation sites is 1. The summed E-state index contributed by atoms with van der Waals surface area (Å²) < 4.78 is 0. The van der Waals surface area contributed by atoms with Gasteiger partial charge in [-0.1, -0.05) is 31.5 Å². The number of nitrogens with one attached hydrogen (secondary N) is 1. The van der Waals surface area contributed by atoms with Gasteiger partial charge in [-0.25, -0.2) is 0 Å². The Morgan fingerprint density at radius 1 is 1.29 bits per heavy atom.